The van der Waals surface area contributed by atoms with Crippen LogP contribution in [0.25, 0.3) is 11.5 Å². The molecule has 0 amide bonds. The Labute approximate surface area is 193 Å². The van der Waals surface area contributed by atoms with Crippen LogP contribution in [0.4, 0.5) is 0 Å². The molecule has 0 aliphatic heterocycles. The van der Waals surface area contributed by atoms with Crippen LogP contribution in [0, 0.1) is 0 Å². The molecule has 0 saturated carbocycles. The first-order chi connectivity index (χ1) is 14.2. The van der Waals surface area contributed by atoms with E-state index in [1.165, 1.54) is 5.56 Å². The smallest absolute Gasteiger partial charge is 0.257 e. The molecule has 3 rings (SSSR count). The molecular formula is C20H29IN8O. The van der Waals surface area contributed by atoms with Crippen molar-refractivity contribution in [3.05, 3.63) is 47.8 Å². The van der Waals surface area contributed by atoms with Gasteiger partial charge in [0.1, 0.15) is 12.2 Å². The maximum absolute atomic E-state index is 5.28. The van der Waals surface area contributed by atoms with Gasteiger partial charge in [0.25, 0.3) is 5.89 Å². The molecular weight excluding hydrogens is 495 g/mol. The fraction of sp³-hybridized carbons (Fsp3) is 0.450. The molecule has 0 radical (unpaired) electrons. The fourth-order valence-corrected chi connectivity index (χ4v) is 2.91. The van der Waals surface area contributed by atoms with Crippen LogP contribution in [-0.2, 0) is 25.8 Å². The predicted molar refractivity (Wildman–Crippen MR) is 127 cm³/mol. The van der Waals surface area contributed by atoms with Crippen molar-refractivity contribution in [3.63, 3.8) is 0 Å². The Morgan fingerprint density at radius 3 is 2.53 bits per heavy atom. The number of aryl methyl sites for hydroxylation is 2. The van der Waals surface area contributed by atoms with Gasteiger partial charge in [-0.1, -0.05) is 31.1 Å². The van der Waals surface area contributed by atoms with Crippen molar-refractivity contribution in [1.29, 1.82) is 0 Å². The highest BCUT2D eigenvalue weighted by molar-refractivity contribution is 14.0. The molecule has 0 aliphatic rings. The number of nitrogens with zero attached hydrogens (tertiary/aromatic N) is 6. The minimum atomic E-state index is 0. The lowest BCUT2D eigenvalue weighted by Gasteiger charge is -2.12. The van der Waals surface area contributed by atoms with Crippen LogP contribution in [0.2, 0.25) is 0 Å². The van der Waals surface area contributed by atoms with Crippen molar-refractivity contribution in [2.24, 2.45) is 4.99 Å². The number of hydrogen-bond donors (Lipinski definition) is 2. The largest absolute Gasteiger partial charge is 0.356 e. The monoisotopic (exact) mass is 524 g/mol. The molecule has 2 heterocycles. The van der Waals surface area contributed by atoms with Gasteiger partial charge in [-0.2, -0.15) is 4.98 Å². The van der Waals surface area contributed by atoms with Crippen LogP contribution < -0.4 is 10.6 Å². The molecule has 10 heteroatoms. The number of guanidine groups is 1. The molecule has 3 aromatic rings. The molecule has 9 nitrogen and oxygen atoms in total. The molecule has 0 unspecified atom stereocenters. The van der Waals surface area contributed by atoms with Crippen molar-refractivity contribution >= 4 is 29.9 Å². The van der Waals surface area contributed by atoms with Crippen molar-refractivity contribution in [1.82, 2.24) is 35.5 Å². The Bertz CT molecular complexity index is 919. The van der Waals surface area contributed by atoms with E-state index in [2.05, 4.69) is 59.6 Å². The van der Waals surface area contributed by atoms with Crippen molar-refractivity contribution in [3.8, 4) is 11.5 Å². The predicted octanol–water partition coefficient (Wildman–Crippen LogP) is 2.48. The first-order valence-electron chi connectivity index (χ1n) is 9.96. The first kappa shape index (κ1) is 23.8. The standard InChI is InChI=1S/C20H28N8O.HI/c1-4-17-25-19(29-27-17)16-8-6-15(7-9-16)10-11-22-20(21-3)23-12-13-28-14-24-26-18(28)5-2;/h6-9,14H,4-5,10-13H2,1-3H3,(H2,21,22,23);1H. The van der Waals surface area contributed by atoms with E-state index in [9.17, 15) is 0 Å². The molecule has 0 fully saturated rings. The Morgan fingerprint density at radius 1 is 1.10 bits per heavy atom. The second-order valence-electron chi connectivity index (χ2n) is 6.54. The van der Waals surface area contributed by atoms with Crippen LogP contribution in [0.5, 0.6) is 0 Å². The normalized spacial score (nSPS) is 11.2. The van der Waals surface area contributed by atoms with Crippen molar-refractivity contribution in [2.75, 3.05) is 20.1 Å². The number of nitrogens with one attached hydrogen (secondary N) is 2. The quantitative estimate of drug-likeness (QED) is 0.252. The summed E-state index contributed by atoms with van der Waals surface area (Å²) in [7, 11) is 1.77. The third kappa shape index (κ3) is 6.51. The Kier molecular flexibility index (Phi) is 9.71. The Hall–Kier alpha value is -2.50. The highest BCUT2D eigenvalue weighted by atomic mass is 127. The van der Waals surface area contributed by atoms with E-state index in [0.717, 1.165) is 62.1 Å². The fourth-order valence-electron chi connectivity index (χ4n) is 2.91. The van der Waals surface area contributed by atoms with E-state index in [1.807, 2.05) is 19.1 Å². The minimum Gasteiger partial charge on any atom is -0.356 e. The molecule has 162 valence electrons. The number of benzene rings is 1. The van der Waals surface area contributed by atoms with Gasteiger partial charge in [-0.05, 0) is 24.1 Å². The zero-order valence-corrected chi connectivity index (χ0v) is 20.0. The number of hydrogen-bond acceptors (Lipinski definition) is 6. The van der Waals surface area contributed by atoms with E-state index >= 15 is 0 Å². The van der Waals surface area contributed by atoms with Crippen LogP contribution in [-0.4, -0.2) is 51.0 Å². The van der Waals surface area contributed by atoms with E-state index in [1.54, 1.807) is 13.4 Å². The summed E-state index contributed by atoms with van der Waals surface area (Å²) in [6, 6.07) is 8.20. The third-order valence-electron chi connectivity index (χ3n) is 4.57. The second-order valence-corrected chi connectivity index (χ2v) is 6.54. The van der Waals surface area contributed by atoms with Crippen LogP contribution in [0.15, 0.2) is 40.1 Å². The summed E-state index contributed by atoms with van der Waals surface area (Å²) in [6.45, 7) is 6.42. The molecule has 30 heavy (non-hydrogen) atoms. The zero-order chi connectivity index (χ0) is 20.5. The molecule has 2 N–H and O–H groups in total. The van der Waals surface area contributed by atoms with Crippen LogP contribution >= 0.6 is 24.0 Å². The number of halogens is 1. The summed E-state index contributed by atoms with van der Waals surface area (Å²) < 4.78 is 7.33. The van der Waals surface area contributed by atoms with E-state index in [4.69, 9.17) is 4.52 Å². The molecule has 0 aliphatic carbocycles. The Balaban J connectivity index is 0.00000320. The van der Waals surface area contributed by atoms with Crippen molar-refractivity contribution in [2.45, 2.75) is 39.7 Å². The van der Waals surface area contributed by atoms with Gasteiger partial charge in [-0.15, -0.1) is 34.2 Å². The van der Waals surface area contributed by atoms with E-state index < -0.39 is 0 Å². The van der Waals surface area contributed by atoms with Gasteiger partial charge >= 0.3 is 0 Å². The van der Waals surface area contributed by atoms with Gasteiger partial charge in [0.15, 0.2) is 11.8 Å². The van der Waals surface area contributed by atoms with Gasteiger partial charge in [0.2, 0.25) is 0 Å². The van der Waals surface area contributed by atoms with Gasteiger partial charge < -0.3 is 19.7 Å². The maximum Gasteiger partial charge on any atom is 0.257 e. The second kappa shape index (κ2) is 12.3. The van der Waals surface area contributed by atoms with Gasteiger partial charge in [0, 0.05) is 45.1 Å². The maximum atomic E-state index is 5.28. The lowest BCUT2D eigenvalue weighted by Crippen LogP contribution is -2.39. The van der Waals surface area contributed by atoms with Crippen LogP contribution in [0.3, 0.4) is 0 Å². The molecule has 2 aromatic heterocycles. The number of aromatic nitrogens is 5. The summed E-state index contributed by atoms with van der Waals surface area (Å²) in [5, 5.41) is 18.6. The zero-order valence-electron chi connectivity index (χ0n) is 17.6. The van der Waals surface area contributed by atoms with Gasteiger partial charge in [0.05, 0.1) is 0 Å². The summed E-state index contributed by atoms with van der Waals surface area (Å²) in [6.07, 6.45) is 4.29. The first-order valence-corrected chi connectivity index (χ1v) is 9.96. The number of aliphatic imine (C=N–C) groups is 1. The van der Waals surface area contributed by atoms with Gasteiger partial charge in [-0.25, -0.2) is 0 Å². The lowest BCUT2D eigenvalue weighted by atomic mass is 10.1. The summed E-state index contributed by atoms with van der Waals surface area (Å²) in [5.74, 6) is 3.06. The average Bonchev–Trinajstić information content (AvgIpc) is 3.42. The highest BCUT2D eigenvalue weighted by Crippen LogP contribution is 2.18. The number of rotatable bonds is 9. The lowest BCUT2D eigenvalue weighted by molar-refractivity contribution is 0.423. The van der Waals surface area contributed by atoms with Gasteiger partial charge in [-0.3, -0.25) is 4.99 Å². The molecule has 0 bridgehead atoms. The molecule has 0 atom stereocenters. The van der Waals surface area contributed by atoms with Crippen molar-refractivity contribution < 1.29 is 4.52 Å². The topological polar surface area (TPSA) is 106 Å². The Morgan fingerprint density at radius 2 is 1.87 bits per heavy atom. The summed E-state index contributed by atoms with van der Waals surface area (Å²) in [5.41, 5.74) is 2.16. The SMILES string of the molecule is CCc1noc(-c2ccc(CCNC(=NC)NCCn3cnnc3CC)cc2)n1.I. The van der Waals surface area contributed by atoms with E-state index in [0.29, 0.717) is 5.89 Å². The molecule has 0 saturated heterocycles. The third-order valence-corrected chi connectivity index (χ3v) is 4.57. The molecule has 0 spiro atoms. The summed E-state index contributed by atoms with van der Waals surface area (Å²) in [4.78, 5) is 8.63. The van der Waals surface area contributed by atoms with Crippen LogP contribution in [0.1, 0.15) is 31.1 Å². The molecule has 1 aromatic carbocycles. The highest BCUT2D eigenvalue weighted by Gasteiger charge is 2.07. The average molecular weight is 524 g/mol. The summed E-state index contributed by atoms with van der Waals surface area (Å²) >= 11 is 0. The van der Waals surface area contributed by atoms with E-state index in [-0.39, 0.29) is 24.0 Å². The minimum absolute atomic E-state index is 0.